The van der Waals surface area contributed by atoms with E-state index in [4.69, 9.17) is 0 Å². The van der Waals surface area contributed by atoms with Crippen LogP contribution in [0.1, 0.15) is 27.0 Å². The summed E-state index contributed by atoms with van der Waals surface area (Å²) < 4.78 is 1.16. The molecule has 0 bridgehead atoms. The molecule has 0 spiro atoms. The first-order chi connectivity index (χ1) is 8.06. The molecule has 0 aliphatic carbocycles. The molecule has 0 saturated carbocycles. The maximum atomic E-state index is 12.0. The second kappa shape index (κ2) is 5.31. The lowest BCUT2D eigenvalue weighted by atomic mass is 10.0. The number of carbonyl (C=O) groups is 1. The van der Waals surface area contributed by atoms with Crippen molar-refractivity contribution in [1.29, 1.82) is 0 Å². The van der Waals surface area contributed by atoms with Crippen LogP contribution >= 0.6 is 33.9 Å². The van der Waals surface area contributed by atoms with Gasteiger partial charge < -0.3 is 0 Å². The van der Waals surface area contributed by atoms with Crippen molar-refractivity contribution in [2.75, 3.05) is 0 Å². The number of benzene rings is 1. The van der Waals surface area contributed by atoms with E-state index in [1.807, 2.05) is 17.5 Å². The Bertz CT molecular complexity index is 557. The molecule has 0 aliphatic heterocycles. The minimum Gasteiger partial charge on any atom is -0.294 e. The third-order valence-corrected chi connectivity index (χ3v) is 4.61. The highest BCUT2D eigenvalue weighted by molar-refractivity contribution is 14.1. The number of aryl methyl sites for hydroxylation is 2. The molecule has 0 N–H and O–H groups in total. The summed E-state index contributed by atoms with van der Waals surface area (Å²) in [5.41, 5.74) is 4.44. The second-order valence-corrected chi connectivity index (χ2v) is 6.96. The van der Waals surface area contributed by atoms with Crippen LogP contribution in [0.3, 0.4) is 0 Å². The van der Waals surface area contributed by atoms with E-state index < -0.39 is 0 Å². The van der Waals surface area contributed by atoms with Crippen LogP contribution in [0.15, 0.2) is 29.6 Å². The maximum Gasteiger partial charge on any atom is 0.168 e. The molecule has 0 saturated heterocycles. The lowest BCUT2D eigenvalue weighted by molar-refractivity contribution is 0.0993. The van der Waals surface area contributed by atoms with Gasteiger partial charge in [0, 0.05) is 17.4 Å². The molecular weight excluding hydrogens is 343 g/mol. The highest BCUT2D eigenvalue weighted by atomic mass is 127. The molecule has 2 aromatic rings. The Morgan fingerprint density at radius 2 is 2.00 bits per heavy atom. The molecule has 0 amide bonds. The number of carbonyl (C=O) groups excluding carboxylic acids is 1. The summed E-state index contributed by atoms with van der Waals surface area (Å²) in [6.07, 6.45) is 0.494. The number of hydrogen-bond donors (Lipinski definition) is 0. The fourth-order valence-electron chi connectivity index (χ4n) is 1.66. The van der Waals surface area contributed by atoms with Crippen LogP contribution in [0.25, 0.3) is 0 Å². The van der Waals surface area contributed by atoms with E-state index in [9.17, 15) is 4.79 Å². The summed E-state index contributed by atoms with van der Waals surface area (Å²) in [6, 6.07) is 8.17. The third-order valence-electron chi connectivity index (χ3n) is 2.83. The van der Waals surface area contributed by atoms with Crippen LogP contribution in [-0.2, 0) is 6.42 Å². The zero-order valence-corrected chi connectivity index (χ0v) is 12.8. The first-order valence-corrected chi connectivity index (χ1v) is 7.35. The monoisotopic (exact) mass is 356 g/mol. The molecule has 1 aromatic carbocycles. The minimum atomic E-state index is 0.201. The van der Waals surface area contributed by atoms with Gasteiger partial charge in [0.1, 0.15) is 0 Å². The van der Waals surface area contributed by atoms with E-state index in [-0.39, 0.29) is 5.78 Å². The molecule has 2 rings (SSSR count). The van der Waals surface area contributed by atoms with E-state index >= 15 is 0 Å². The smallest absolute Gasteiger partial charge is 0.168 e. The summed E-state index contributed by atoms with van der Waals surface area (Å²) in [4.78, 5) is 12.0. The Hall–Kier alpha value is -0.680. The second-order valence-electron chi connectivity index (χ2n) is 4.16. The van der Waals surface area contributed by atoms with Crippen molar-refractivity contribution in [1.82, 2.24) is 0 Å². The van der Waals surface area contributed by atoms with Gasteiger partial charge >= 0.3 is 0 Å². The molecule has 0 fully saturated rings. The normalized spacial score (nSPS) is 10.5. The Balaban J connectivity index is 2.15. The molecule has 0 radical (unpaired) electrons. The van der Waals surface area contributed by atoms with Gasteiger partial charge in [0.25, 0.3) is 0 Å². The van der Waals surface area contributed by atoms with Crippen molar-refractivity contribution in [3.63, 3.8) is 0 Å². The average Bonchev–Trinajstić information content (AvgIpc) is 2.70. The quantitative estimate of drug-likeness (QED) is 0.589. The number of ketones is 1. The fraction of sp³-hybridized carbons (Fsp3) is 0.214. The van der Waals surface area contributed by atoms with Crippen molar-refractivity contribution in [2.24, 2.45) is 0 Å². The lowest BCUT2D eigenvalue weighted by Crippen LogP contribution is -2.02. The van der Waals surface area contributed by atoms with Gasteiger partial charge in [-0.2, -0.15) is 0 Å². The number of rotatable bonds is 3. The van der Waals surface area contributed by atoms with Crippen molar-refractivity contribution < 1.29 is 4.79 Å². The Morgan fingerprint density at radius 3 is 2.59 bits per heavy atom. The third kappa shape index (κ3) is 3.16. The standard InChI is InChI=1S/C14H13IOS/c1-9-3-4-11(5-10(9)2)6-13(16)12-7-14(15)17-8-12/h3-5,7-8H,6H2,1-2H3. The van der Waals surface area contributed by atoms with Gasteiger partial charge in [-0.05, 0) is 59.2 Å². The highest BCUT2D eigenvalue weighted by Gasteiger charge is 2.09. The van der Waals surface area contributed by atoms with E-state index in [2.05, 4.69) is 48.6 Å². The Labute approximate surface area is 119 Å². The van der Waals surface area contributed by atoms with Gasteiger partial charge in [0.2, 0.25) is 0 Å². The van der Waals surface area contributed by atoms with Crippen LogP contribution in [-0.4, -0.2) is 5.78 Å². The molecule has 0 unspecified atom stereocenters. The first kappa shape index (κ1) is 12.8. The first-order valence-electron chi connectivity index (χ1n) is 5.39. The molecule has 1 aromatic heterocycles. The Kier molecular flexibility index (Phi) is 3.99. The van der Waals surface area contributed by atoms with Gasteiger partial charge in [-0.15, -0.1) is 11.3 Å². The lowest BCUT2D eigenvalue weighted by Gasteiger charge is -2.04. The van der Waals surface area contributed by atoms with Crippen molar-refractivity contribution >= 4 is 39.7 Å². The van der Waals surface area contributed by atoms with Gasteiger partial charge in [-0.25, -0.2) is 0 Å². The van der Waals surface area contributed by atoms with E-state index in [0.29, 0.717) is 6.42 Å². The van der Waals surface area contributed by atoms with Gasteiger partial charge in [-0.1, -0.05) is 18.2 Å². The van der Waals surface area contributed by atoms with Crippen LogP contribution in [0.2, 0.25) is 0 Å². The number of Topliss-reactive ketones (excluding diaryl/α,β-unsaturated/α-hetero) is 1. The molecule has 1 nitrogen and oxygen atoms in total. The molecular formula is C14H13IOS. The summed E-state index contributed by atoms with van der Waals surface area (Å²) in [5, 5.41) is 1.94. The topological polar surface area (TPSA) is 17.1 Å². The SMILES string of the molecule is Cc1ccc(CC(=O)c2csc(I)c2)cc1C. The van der Waals surface area contributed by atoms with Gasteiger partial charge in [-0.3, -0.25) is 4.79 Å². The molecule has 0 atom stereocenters. The largest absolute Gasteiger partial charge is 0.294 e. The molecule has 17 heavy (non-hydrogen) atoms. The number of thiophene rings is 1. The van der Waals surface area contributed by atoms with Crippen molar-refractivity contribution in [3.8, 4) is 0 Å². The summed E-state index contributed by atoms with van der Waals surface area (Å²) in [6.45, 7) is 4.17. The van der Waals surface area contributed by atoms with Crippen LogP contribution in [0, 0.1) is 16.7 Å². The predicted molar refractivity (Wildman–Crippen MR) is 81.0 cm³/mol. The van der Waals surface area contributed by atoms with Crippen molar-refractivity contribution in [3.05, 3.63) is 54.8 Å². The van der Waals surface area contributed by atoms with Crippen LogP contribution < -0.4 is 0 Å². The molecule has 0 aliphatic rings. The summed E-state index contributed by atoms with van der Waals surface area (Å²) in [7, 11) is 0. The van der Waals surface area contributed by atoms with Crippen LogP contribution in [0.4, 0.5) is 0 Å². The van der Waals surface area contributed by atoms with E-state index in [1.165, 1.54) is 11.1 Å². The molecule has 1 heterocycles. The van der Waals surface area contributed by atoms with E-state index in [0.717, 1.165) is 14.0 Å². The average molecular weight is 356 g/mol. The number of hydrogen-bond acceptors (Lipinski definition) is 2. The Morgan fingerprint density at radius 1 is 1.24 bits per heavy atom. The minimum absolute atomic E-state index is 0.201. The summed E-state index contributed by atoms with van der Waals surface area (Å²) >= 11 is 3.86. The molecule has 3 heteroatoms. The van der Waals surface area contributed by atoms with Crippen LogP contribution in [0.5, 0.6) is 0 Å². The highest BCUT2D eigenvalue weighted by Crippen LogP contribution is 2.19. The van der Waals surface area contributed by atoms with Crippen molar-refractivity contribution in [2.45, 2.75) is 20.3 Å². The zero-order valence-electron chi connectivity index (χ0n) is 9.79. The van der Waals surface area contributed by atoms with E-state index in [1.54, 1.807) is 11.3 Å². The molecule has 88 valence electrons. The predicted octanol–water partition coefficient (Wildman–Crippen LogP) is 4.39. The van der Waals surface area contributed by atoms with Gasteiger partial charge in [0.15, 0.2) is 5.78 Å². The summed E-state index contributed by atoms with van der Waals surface area (Å²) in [5.74, 6) is 0.201. The maximum absolute atomic E-state index is 12.0. The van der Waals surface area contributed by atoms with Gasteiger partial charge in [0.05, 0.1) is 2.88 Å². The zero-order chi connectivity index (χ0) is 12.4. The fourth-order valence-corrected chi connectivity index (χ4v) is 3.01. The number of halogens is 1.